The van der Waals surface area contributed by atoms with Gasteiger partial charge in [-0.15, -0.1) is 0 Å². The van der Waals surface area contributed by atoms with Crippen LogP contribution in [-0.4, -0.2) is 30.2 Å². The van der Waals surface area contributed by atoms with E-state index in [1.54, 1.807) is 11.9 Å². The zero-order valence-corrected chi connectivity index (χ0v) is 13.0. The molecule has 0 heterocycles. The van der Waals surface area contributed by atoms with E-state index in [-0.39, 0.29) is 24.5 Å². The average Bonchev–Trinajstić information content (AvgIpc) is 2.43. The van der Waals surface area contributed by atoms with Gasteiger partial charge >= 0.3 is 0 Å². The van der Waals surface area contributed by atoms with Crippen LogP contribution in [0.4, 0.5) is 0 Å². The van der Waals surface area contributed by atoms with E-state index < -0.39 is 0 Å². The van der Waals surface area contributed by atoms with Gasteiger partial charge in [-0.25, -0.2) is 0 Å². The van der Waals surface area contributed by atoms with Gasteiger partial charge in [0.2, 0.25) is 5.91 Å². The van der Waals surface area contributed by atoms with Crippen LogP contribution in [0.2, 0.25) is 0 Å². The van der Waals surface area contributed by atoms with Gasteiger partial charge in [-0.05, 0) is 17.9 Å². The summed E-state index contributed by atoms with van der Waals surface area (Å²) in [5.41, 5.74) is 1.91. The topological polar surface area (TPSA) is 37.4 Å². The Morgan fingerprint density at radius 3 is 2.20 bits per heavy atom. The van der Waals surface area contributed by atoms with E-state index in [1.165, 1.54) is 5.56 Å². The molecular weight excluding hydrogens is 250 g/mol. The first-order chi connectivity index (χ1) is 9.43. The molecule has 0 aliphatic rings. The Morgan fingerprint density at radius 2 is 1.70 bits per heavy atom. The van der Waals surface area contributed by atoms with Gasteiger partial charge in [-0.3, -0.25) is 9.59 Å². The van der Waals surface area contributed by atoms with Gasteiger partial charge in [-0.2, -0.15) is 0 Å². The fraction of sp³-hybridized carbons (Fsp3) is 0.529. The number of benzene rings is 1. The second-order valence-electron chi connectivity index (χ2n) is 5.64. The quantitative estimate of drug-likeness (QED) is 0.716. The molecule has 1 aromatic rings. The molecule has 0 aromatic heterocycles. The van der Waals surface area contributed by atoms with E-state index in [1.807, 2.05) is 24.3 Å². The Kier molecular flexibility index (Phi) is 6.43. The van der Waals surface area contributed by atoms with E-state index >= 15 is 0 Å². The number of Topliss-reactive ketones (excluding diaryl/α,β-unsaturated/α-hetero) is 1. The molecule has 1 amide bonds. The number of aryl methyl sites for hydroxylation is 1. The van der Waals surface area contributed by atoms with E-state index in [2.05, 4.69) is 20.8 Å². The molecule has 0 saturated heterocycles. The van der Waals surface area contributed by atoms with E-state index in [4.69, 9.17) is 0 Å². The van der Waals surface area contributed by atoms with Gasteiger partial charge in [0.05, 0.1) is 0 Å². The molecule has 3 nitrogen and oxygen atoms in total. The normalized spacial score (nSPS) is 10.7. The number of amides is 1. The lowest BCUT2D eigenvalue weighted by Gasteiger charge is -2.19. The van der Waals surface area contributed by atoms with Gasteiger partial charge in [-0.1, -0.05) is 45.0 Å². The third kappa shape index (κ3) is 5.16. The van der Waals surface area contributed by atoms with Crippen LogP contribution < -0.4 is 0 Å². The lowest BCUT2D eigenvalue weighted by Crippen LogP contribution is -2.30. The molecule has 110 valence electrons. The first-order valence-electron chi connectivity index (χ1n) is 7.30. The molecule has 1 aromatic carbocycles. The highest BCUT2D eigenvalue weighted by Crippen LogP contribution is 2.10. The summed E-state index contributed by atoms with van der Waals surface area (Å²) in [6.45, 7) is 6.96. The van der Waals surface area contributed by atoms with Crippen molar-refractivity contribution in [3.63, 3.8) is 0 Å². The summed E-state index contributed by atoms with van der Waals surface area (Å²) in [4.78, 5) is 25.6. The number of nitrogens with zero attached hydrogens (tertiary/aromatic N) is 1. The molecule has 0 N–H and O–H groups in total. The molecule has 0 aliphatic carbocycles. The van der Waals surface area contributed by atoms with E-state index in [9.17, 15) is 9.59 Å². The number of ketones is 1. The van der Waals surface area contributed by atoms with Crippen LogP contribution in [-0.2, 0) is 11.2 Å². The lowest BCUT2D eigenvalue weighted by atomic mass is 10.0. The first-order valence-corrected chi connectivity index (χ1v) is 7.30. The highest BCUT2D eigenvalue weighted by Gasteiger charge is 2.13. The van der Waals surface area contributed by atoms with Crippen LogP contribution in [0.3, 0.4) is 0 Å². The standard InChI is InChI=1S/C17H25NO2/c1-5-14-6-8-15(9-7-14)16(19)10-11-17(20)18(4)12-13(2)3/h6-9,13H,5,10-12H2,1-4H3. The molecule has 0 fully saturated rings. The van der Waals surface area contributed by atoms with Crippen LogP contribution >= 0.6 is 0 Å². The number of hydrogen-bond donors (Lipinski definition) is 0. The molecule has 20 heavy (non-hydrogen) atoms. The maximum absolute atomic E-state index is 12.0. The number of hydrogen-bond acceptors (Lipinski definition) is 2. The summed E-state index contributed by atoms with van der Waals surface area (Å²) in [5, 5.41) is 0. The summed E-state index contributed by atoms with van der Waals surface area (Å²) in [6, 6.07) is 7.65. The van der Waals surface area contributed by atoms with Crippen molar-refractivity contribution in [1.82, 2.24) is 4.90 Å². The van der Waals surface area contributed by atoms with Crippen LogP contribution in [0.15, 0.2) is 24.3 Å². The molecular formula is C17H25NO2. The summed E-state index contributed by atoms with van der Waals surface area (Å²) >= 11 is 0. The predicted molar refractivity (Wildman–Crippen MR) is 81.9 cm³/mol. The van der Waals surface area contributed by atoms with Crippen molar-refractivity contribution in [2.45, 2.75) is 40.0 Å². The van der Waals surface area contributed by atoms with Gasteiger partial charge < -0.3 is 4.90 Å². The lowest BCUT2D eigenvalue weighted by molar-refractivity contribution is -0.130. The number of carbonyl (C=O) groups is 2. The monoisotopic (exact) mass is 275 g/mol. The van der Waals surface area contributed by atoms with Crippen molar-refractivity contribution in [2.24, 2.45) is 5.92 Å². The van der Waals surface area contributed by atoms with Crippen LogP contribution in [0.25, 0.3) is 0 Å². The van der Waals surface area contributed by atoms with Crippen molar-refractivity contribution in [1.29, 1.82) is 0 Å². The van der Waals surface area contributed by atoms with Gasteiger partial charge in [0.25, 0.3) is 0 Å². The summed E-state index contributed by atoms with van der Waals surface area (Å²) in [5.74, 6) is 0.525. The van der Waals surface area contributed by atoms with E-state index in [0.29, 0.717) is 11.5 Å². The molecule has 1 rings (SSSR count). The number of rotatable bonds is 7. The zero-order chi connectivity index (χ0) is 15.1. The fourth-order valence-corrected chi connectivity index (χ4v) is 2.13. The second kappa shape index (κ2) is 7.83. The highest BCUT2D eigenvalue weighted by molar-refractivity contribution is 5.97. The zero-order valence-electron chi connectivity index (χ0n) is 13.0. The molecule has 3 heteroatoms. The van der Waals surface area contributed by atoms with Gasteiger partial charge in [0.1, 0.15) is 0 Å². The summed E-state index contributed by atoms with van der Waals surface area (Å²) < 4.78 is 0. The third-order valence-corrected chi connectivity index (χ3v) is 3.31. The van der Waals surface area contributed by atoms with Crippen LogP contribution in [0.1, 0.15) is 49.5 Å². The Hall–Kier alpha value is -1.64. The maximum Gasteiger partial charge on any atom is 0.222 e. The van der Waals surface area contributed by atoms with Crippen molar-refractivity contribution in [2.75, 3.05) is 13.6 Å². The highest BCUT2D eigenvalue weighted by atomic mass is 16.2. The van der Waals surface area contributed by atoms with Crippen LogP contribution in [0.5, 0.6) is 0 Å². The fourth-order valence-electron chi connectivity index (χ4n) is 2.13. The Morgan fingerprint density at radius 1 is 1.10 bits per heavy atom. The van der Waals surface area contributed by atoms with Gasteiger partial charge in [0.15, 0.2) is 5.78 Å². The molecule has 0 saturated carbocycles. The molecule has 0 spiro atoms. The molecule has 0 radical (unpaired) electrons. The third-order valence-electron chi connectivity index (χ3n) is 3.31. The molecule has 0 bridgehead atoms. The Labute approximate surface area is 122 Å². The maximum atomic E-state index is 12.0. The molecule has 0 aliphatic heterocycles. The van der Waals surface area contributed by atoms with Crippen molar-refractivity contribution >= 4 is 11.7 Å². The largest absolute Gasteiger partial charge is 0.345 e. The minimum Gasteiger partial charge on any atom is -0.345 e. The summed E-state index contributed by atoms with van der Waals surface area (Å²) in [7, 11) is 1.79. The number of carbonyl (C=O) groups excluding carboxylic acids is 2. The Balaban J connectivity index is 2.48. The average molecular weight is 275 g/mol. The SMILES string of the molecule is CCc1ccc(C(=O)CCC(=O)N(C)CC(C)C)cc1. The molecule has 0 atom stereocenters. The van der Waals surface area contributed by atoms with Crippen molar-refractivity contribution in [3.8, 4) is 0 Å². The van der Waals surface area contributed by atoms with Crippen LogP contribution in [0, 0.1) is 5.92 Å². The Bertz CT molecular complexity index is 449. The van der Waals surface area contributed by atoms with Gasteiger partial charge in [0, 0.05) is 32.0 Å². The summed E-state index contributed by atoms with van der Waals surface area (Å²) in [6.07, 6.45) is 1.54. The van der Waals surface area contributed by atoms with Crippen molar-refractivity contribution < 1.29 is 9.59 Å². The minimum absolute atomic E-state index is 0.0391. The van der Waals surface area contributed by atoms with E-state index in [0.717, 1.165) is 13.0 Å². The first kappa shape index (κ1) is 16.4. The smallest absolute Gasteiger partial charge is 0.222 e. The molecule has 0 unspecified atom stereocenters. The predicted octanol–water partition coefficient (Wildman–Crippen LogP) is 3.33. The second-order valence-corrected chi connectivity index (χ2v) is 5.64. The minimum atomic E-state index is 0.0391. The van der Waals surface area contributed by atoms with Crippen molar-refractivity contribution in [3.05, 3.63) is 35.4 Å².